The number of alkyl halides is 3. The van der Waals surface area contributed by atoms with E-state index >= 15 is 0 Å². The van der Waals surface area contributed by atoms with Gasteiger partial charge in [0.15, 0.2) is 0 Å². The maximum Gasteiger partial charge on any atom is 0.522 e. The third kappa shape index (κ3) is 2.67. The van der Waals surface area contributed by atoms with Crippen molar-refractivity contribution in [2.45, 2.75) is 25.7 Å². The van der Waals surface area contributed by atoms with E-state index in [1.54, 1.807) is 19.1 Å². The lowest BCUT2D eigenvalue weighted by molar-refractivity contribution is -0.327. The van der Waals surface area contributed by atoms with Crippen molar-refractivity contribution in [1.29, 1.82) is 0 Å². The summed E-state index contributed by atoms with van der Waals surface area (Å²) in [6, 6.07) is 5.21. The number of carbonyl (C=O) groups is 2. The van der Waals surface area contributed by atoms with Crippen molar-refractivity contribution in [1.82, 2.24) is 4.90 Å². The van der Waals surface area contributed by atoms with Crippen LogP contribution in [0.2, 0.25) is 0 Å². The molecule has 7 heteroatoms. The number of fused-ring (bicyclic) bond motifs is 1. The van der Waals surface area contributed by atoms with E-state index in [2.05, 4.69) is 4.74 Å². The normalized spacial score (nSPS) is 16.5. The number of nitrogens with zero attached hydrogens (tertiary/aromatic N) is 1. The molecule has 20 heavy (non-hydrogen) atoms. The number of ether oxygens (including phenoxy) is 1. The quantitative estimate of drug-likeness (QED) is 0.800. The van der Waals surface area contributed by atoms with Gasteiger partial charge < -0.3 is 0 Å². The molecule has 0 saturated heterocycles. The molecule has 0 N–H and O–H groups in total. The van der Waals surface area contributed by atoms with Crippen LogP contribution in [0.25, 0.3) is 0 Å². The van der Waals surface area contributed by atoms with Crippen molar-refractivity contribution >= 4 is 11.8 Å². The summed E-state index contributed by atoms with van der Waals surface area (Å²) < 4.78 is 40.0. The highest BCUT2D eigenvalue weighted by Crippen LogP contribution is 2.26. The number of hydrogen-bond donors (Lipinski definition) is 0. The van der Waals surface area contributed by atoms with Crippen molar-refractivity contribution < 1.29 is 27.5 Å². The molecule has 0 aromatic heterocycles. The van der Waals surface area contributed by atoms with Gasteiger partial charge in [0.1, 0.15) is 0 Å². The van der Waals surface area contributed by atoms with Crippen molar-refractivity contribution in [3.8, 4) is 0 Å². The number of imide groups is 1. The predicted octanol–water partition coefficient (Wildman–Crippen LogP) is 2.60. The average Bonchev–Trinajstić information content (AvgIpc) is 2.64. The highest BCUT2D eigenvalue weighted by Gasteiger charge is 2.40. The van der Waals surface area contributed by atoms with Gasteiger partial charge in [-0.2, -0.15) is 0 Å². The van der Waals surface area contributed by atoms with E-state index in [1.807, 2.05) is 0 Å². The maximum absolute atomic E-state index is 12.1. The standard InChI is InChI=1S/C13H12F3NO3/c1-2-8(7-20-13(14,15)16)17-11(18)9-5-3-4-6-10(9)12(17)19/h3-6,8H,2,7H2,1H3. The molecule has 1 aromatic carbocycles. The summed E-state index contributed by atoms with van der Waals surface area (Å²) in [6.45, 7) is 0.833. The Kier molecular flexibility index (Phi) is 3.80. The van der Waals surface area contributed by atoms with Gasteiger partial charge in [-0.15, -0.1) is 13.2 Å². The van der Waals surface area contributed by atoms with Crippen LogP contribution in [0.4, 0.5) is 13.2 Å². The second-order valence-electron chi connectivity index (χ2n) is 4.34. The Morgan fingerprint density at radius 3 is 2.05 bits per heavy atom. The molecule has 1 aliphatic rings. The fraction of sp³-hybridized carbons (Fsp3) is 0.385. The van der Waals surface area contributed by atoms with Crippen LogP contribution in [0.5, 0.6) is 0 Å². The SMILES string of the molecule is CCC(COC(F)(F)F)N1C(=O)c2ccccc2C1=O. The van der Waals surface area contributed by atoms with Gasteiger partial charge in [-0.25, -0.2) is 0 Å². The topological polar surface area (TPSA) is 46.6 Å². The van der Waals surface area contributed by atoms with Gasteiger partial charge >= 0.3 is 6.36 Å². The minimum absolute atomic E-state index is 0.182. The van der Waals surface area contributed by atoms with Crippen molar-refractivity contribution in [2.75, 3.05) is 6.61 Å². The van der Waals surface area contributed by atoms with Crippen molar-refractivity contribution in [2.24, 2.45) is 0 Å². The second kappa shape index (κ2) is 5.24. The lowest BCUT2D eigenvalue weighted by atomic mass is 10.1. The first-order valence-electron chi connectivity index (χ1n) is 6.02. The molecule has 2 amide bonds. The Morgan fingerprint density at radius 2 is 1.65 bits per heavy atom. The highest BCUT2D eigenvalue weighted by molar-refractivity contribution is 6.21. The zero-order chi connectivity index (χ0) is 14.9. The van der Waals surface area contributed by atoms with Gasteiger partial charge in [0.05, 0.1) is 23.8 Å². The first-order valence-corrected chi connectivity index (χ1v) is 6.02. The van der Waals surface area contributed by atoms with E-state index in [4.69, 9.17) is 0 Å². The predicted molar refractivity (Wildman–Crippen MR) is 63.0 cm³/mol. The molecule has 4 nitrogen and oxygen atoms in total. The van der Waals surface area contributed by atoms with Crippen molar-refractivity contribution in [3.05, 3.63) is 35.4 Å². The van der Waals surface area contributed by atoms with Crippen molar-refractivity contribution in [3.63, 3.8) is 0 Å². The minimum Gasteiger partial charge on any atom is -0.290 e. The van der Waals surface area contributed by atoms with Crippen LogP contribution in [-0.2, 0) is 4.74 Å². The summed E-state index contributed by atoms with van der Waals surface area (Å²) in [4.78, 5) is 25.0. The third-order valence-corrected chi connectivity index (χ3v) is 3.10. The van der Waals surface area contributed by atoms with Gasteiger partial charge in [0.25, 0.3) is 11.8 Å². The zero-order valence-electron chi connectivity index (χ0n) is 10.6. The summed E-state index contributed by atoms with van der Waals surface area (Å²) in [7, 11) is 0. The molecule has 0 radical (unpaired) electrons. The highest BCUT2D eigenvalue weighted by atomic mass is 19.4. The molecular weight excluding hydrogens is 275 g/mol. The number of benzene rings is 1. The lowest BCUT2D eigenvalue weighted by Gasteiger charge is -2.25. The largest absolute Gasteiger partial charge is 0.522 e. The van der Waals surface area contributed by atoms with Gasteiger partial charge in [-0.1, -0.05) is 19.1 Å². The van der Waals surface area contributed by atoms with E-state index in [1.165, 1.54) is 12.1 Å². The fourth-order valence-electron chi connectivity index (χ4n) is 2.11. The molecule has 1 heterocycles. The molecule has 0 saturated carbocycles. The average molecular weight is 287 g/mol. The van der Waals surface area contributed by atoms with E-state index in [9.17, 15) is 22.8 Å². The molecule has 0 spiro atoms. The molecule has 0 aliphatic carbocycles. The molecule has 1 aromatic rings. The van der Waals surface area contributed by atoms with Crippen LogP contribution in [0.3, 0.4) is 0 Å². The van der Waals surface area contributed by atoms with Crippen LogP contribution < -0.4 is 0 Å². The summed E-state index contributed by atoms with van der Waals surface area (Å²) in [5, 5.41) is 0. The Morgan fingerprint density at radius 1 is 1.15 bits per heavy atom. The number of amides is 2. The summed E-state index contributed by atoms with van der Waals surface area (Å²) in [5.74, 6) is -1.16. The van der Waals surface area contributed by atoms with E-state index in [0.29, 0.717) is 0 Å². The number of halogens is 3. The molecule has 0 fully saturated rings. The zero-order valence-corrected chi connectivity index (χ0v) is 10.6. The molecule has 108 valence electrons. The molecule has 1 atom stereocenters. The van der Waals surface area contributed by atoms with E-state index in [-0.39, 0.29) is 17.5 Å². The Labute approximate surface area is 113 Å². The summed E-state index contributed by atoms with van der Waals surface area (Å²) >= 11 is 0. The second-order valence-corrected chi connectivity index (χ2v) is 4.34. The molecule has 1 unspecified atom stereocenters. The van der Waals surface area contributed by atoms with Gasteiger partial charge in [0.2, 0.25) is 0 Å². The van der Waals surface area contributed by atoms with Gasteiger partial charge in [-0.3, -0.25) is 19.2 Å². The lowest BCUT2D eigenvalue weighted by Crippen LogP contribution is -2.43. The first-order chi connectivity index (χ1) is 9.35. The van der Waals surface area contributed by atoms with E-state index in [0.717, 1.165) is 4.90 Å². The van der Waals surface area contributed by atoms with Crippen LogP contribution in [0, 0.1) is 0 Å². The number of rotatable bonds is 4. The minimum atomic E-state index is -4.79. The molecule has 1 aliphatic heterocycles. The van der Waals surface area contributed by atoms with Crippen LogP contribution >= 0.6 is 0 Å². The monoisotopic (exact) mass is 287 g/mol. The number of hydrogen-bond acceptors (Lipinski definition) is 3. The van der Waals surface area contributed by atoms with Crippen LogP contribution in [0.15, 0.2) is 24.3 Å². The summed E-state index contributed by atoms with van der Waals surface area (Å²) in [6.07, 6.45) is -4.60. The van der Waals surface area contributed by atoms with Gasteiger partial charge in [0, 0.05) is 0 Å². The Balaban J connectivity index is 2.21. The van der Waals surface area contributed by atoms with E-state index < -0.39 is 30.8 Å². The Bertz CT molecular complexity index is 507. The van der Waals surface area contributed by atoms with Crippen LogP contribution in [0.1, 0.15) is 34.1 Å². The molecule has 2 rings (SSSR count). The maximum atomic E-state index is 12.1. The smallest absolute Gasteiger partial charge is 0.290 e. The Hall–Kier alpha value is -1.89. The fourth-order valence-corrected chi connectivity index (χ4v) is 2.11. The molecular formula is C13H12F3NO3. The number of carbonyl (C=O) groups excluding carboxylic acids is 2. The van der Waals surface area contributed by atoms with Gasteiger partial charge in [-0.05, 0) is 18.6 Å². The first kappa shape index (κ1) is 14.5. The summed E-state index contributed by atoms with van der Waals surface area (Å²) in [5.41, 5.74) is 0.422. The molecule has 0 bridgehead atoms. The van der Waals surface area contributed by atoms with Crippen LogP contribution in [-0.4, -0.2) is 35.7 Å². The third-order valence-electron chi connectivity index (χ3n) is 3.10.